The van der Waals surface area contributed by atoms with Gasteiger partial charge in [0.25, 0.3) is 0 Å². The monoisotopic (exact) mass is 409 g/mol. The summed E-state index contributed by atoms with van der Waals surface area (Å²) in [5, 5.41) is 14.6. The van der Waals surface area contributed by atoms with Gasteiger partial charge in [-0.1, -0.05) is 49.4 Å². The number of imidazole rings is 1. The molecule has 0 amide bonds. The van der Waals surface area contributed by atoms with Crippen molar-refractivity contribution >= 4 is 11.2 Å². The molecular formula is C24H23N7. The van der Waals surface area contributed by atoms with Crippen LogP contribution in [-0.4, -0.2) is 35.2 Å². The first kappa shape index (κ1) is 19.1. The molecule has 0 unspecified atom stereocenters. The van der Waals surface area contributed by atoms with Crippen molar-refractivity contribution < 1.29 is 0 Å². The number of benzene rings is 2. The van der Waals surface area contributed by atoms with E-state index >= 15 is 0 Å². The number of aromatic nitrogens is 7. The number of nitrogens with zero attached hydrogens (tertiary/aromatic N) is 6. The first-order valence-corrected chi connectivity index (χ1v) is 10.4. The van der Waals surface area contributed by atoms with E-state index in [2.05, 4.69) is 75.4 Å². The Bertz CT molecular complexity index is 1350. The van der Waals surface area contributed by atoms with Crippen molar-refractivity contribution in [1.29, 1.82) is 0 Å². The predicted octanol–water partition coefficient (Wildman–Crippen LogP) is 4.51. The first-order valence-electron chi connectivity index (χ1n) is 10.4. The fourth-order valence-corrected chi connectivity index (χ4v) is 4.10. The highest BCUT2D eigenvalue weighted by Crippen LogP contribution is 2.31. The molecule has 2 aromatic carbocycles. The number of fused-ring (bicyclic) bond motifs is 1. The summed E-state index contributed by atoms with van der Waals surface area (Å²) in [4.78, 5) is 9.67. The summed E-state index contributed by atoms with van der Waals surface area (Å²) in [6, 6.07) is 18.8. The molecule has 1 N–H and O–H groups in total. The Hall–Kier alpha value is -3.87. The van der Waals surface area contributed by atoms with E-state index in [4.69, 9.17) is 9.97 Å². The molecule has 0 fully saturated rings. The molecule has 3 heterocycles. The fourth-order valence-electron chi connectivity index (χ4n) is 4.10. The van der Waals surface area contributed by atoms with E-state index in [1.165, 1.54) is 0 Å². The number of nitrogens with one attached hydrogen (secondary N) is 1. The Labute approximate surface area is 180 Å². The van der Waals surface area contributed by atoms with Gasteiger partial charge in [-0.3, -0.25) is 0 Å². The van der Waals surface area contributed by atoms with Crippen molar-refractivity contribution in [2.24, 2.45) is 0 Å². The van der Waals surface area contributed by atoms with Gasteiger partial charge in [-0.2, -0.15) is 0 Å². The number of H-pyrrole nitrogens is 1. The summed E-state index contributed by atoms with van der Waals surface area (Å²) in [5.74, 6) is 1.68. The van der Waals surface area contributed by atoms with Crippen molar-refractivity contribution in [3.8, 4) is 22.5 Å². The molecule has 0 bridgehead atoms. The van der Waals surface area contributed by atoms with Crippen molar-refractivity contribution in [3.63, 3.8) is 0 Å². The smallest absolute Gasteiger partial charge is 0.180 e. The van der Waals surface area contributed by atoms with Gasteiger partial charge >= 0.3 is 0 Å². The van der Waals surface area contributed by atoms with Crippen molar-refractivity contribution in [3.05, 3.63) is 77.2 Å². The van der Waals surface area contributed by atoms with Gasteiger partial charge in [-0.05, 0) is 58.7 Å². The highest BCUT2D eigenvalue weighted by Gasteiger charge is 2.16. The highest BCUT2D eigenvalue weighted by atomic mass is 15.5. The number of pyridine rings is 1. The van der Waals surface area contributed by atoms with Crippen LogP contribution < -0.4 is 0 Å². The molecule has 0 atom stereocenters. The fraction of sp³-hybridized carbons (Fsp3) is 0.208. The van der Waals surface area contributed by atoms with Crippen molar-refractivity contribution in [2.75, 3.05) is 0 Å². The zero-order chi connectivity index (χ0) is 21.4. The van der Waals surface area contributed by atoms with Crippen molar-refractivity contribution in [1.82, 2.24) is 35.2 Å². The Kier molecular flexibility index (Phi) is 4.78. The van der Waals surface area contributed by atoms with Gasteiger partial charge in [0, 0.05) is 17.7 Å². The quantitative estimate of drug-likeness (QED) is 0.462. The second-order valence-electron chi connectivity index (χ2n) is 7.72. The average Bonchev–Trinajstić information content (AvgIpc) is 3.43. The summed E-state index contributed by atoms with van der Waals surface area (Å²) in [5.41, 5.74) is 8.38. The maximum atomic E-state index is 4.87. The van der Waals surface area contributed by atoms with E-state index in [-0.39, 0.29) is 0 Å². The molecule has 5 rings (SSSR count). The van der Waals surface area contributed by atoms with Gasteiger partial charge < -0.3 is 4.57 Å². The van der Waals surface area contributed by atoms with Crippen LogP contribution in [0.5, 0.6) is 0 Å². The Morgan fingerprint density at radius 3 is 2.52 bits per heavy atom. The van der Waals surface area contributed by atoms with Gasteiger partial charge in [0.1, 0.15) is 11.3 Å². The third-order valence-corrected chi connectivity index (χ3v) is 5.53. The topological polar surface area (TPSA) is 85.2 Å². The van der Waals surface area contributed by atoms with E-state index in [0.717, 1.165) is 56.9 Å². The van der Waals surface area contributed by atoms with Gasteiger partial charge in [-0.15, -0.1) is 5.10 Å². The second-order valence-corrected chi connectivity index (χ2v) is 7.72. The molecule has 5 aromatic rings. The third-order valence-electron chi connectivity index (χ3n) is 5.53. The molecule has 0 aliphatic rings. The minimum absolute atomic E-state index is 0.650. The van der Waals surface area contributed by atoms with E-state index < -0.39 is 0 Å². The maximum Gasteiger partial charge on any atom is 0.180 e. The molecule has 0 aliphatic carbocycles. The molecule has 3 aromatic heterocycles. The largest absolute Gasteiger partial charge is 0.308 e. The van der Waals surface area contributed by atoms with Gasteiger partial charge in [0.2, 0.25) is 0 Å². The molecule has 0 saturated carbocycles. The van der Waals surface area contributed by atoms with Crippen LogP contribution in [0, 0.1) is 13.8 Å². The van der Waals surface area contributed by atoms with Crippen LogP contribution in [0.3, 0.4) is 0 Å². The van der Waals surface area contributed by atoms with Crippen LogP contribution in [0.1, 0.15) is 29.6 Å². The minimum Gasteiger partial charge on any atom is -0.308 e. The molecule has 0 aliphatic heterocycles. The SMILES string of the molecule is CCc1nc2c(C)cc(C)nc2n1Cc1ccc(-c2ccccc2)c(-c2nnn[nH]2)c1. The number of aryl methyl sites for hydroxylation is 3. The lowest BCUT2D eigenvalue weighted by molar-refractivity contribution is 0.745. The number of hydrogen-bond acceptors (Lipinski definition) is 5. The number of rotatable bonds is 5. The molecular weight excluding hydrogens is 386 g/mol. The third kappa shape index (κ3) is 3.48. The molecule has 0 saturated heterocycles. The van der Waals surface area contributed by atoms with Crippen molar-refractivity contribution in [2.45, 2.75) is 33.7 Å². The van der Waals surface area contributed by atoms with E-state index in [1.54, 1.807) is 0 Å². The van der Waals surface area contributed by atoms with Crippen LogP contribution in [-0.2, 0) is 13.0 Å². The summed E-state index contributed by atoms with van der Waals surface area (Å²) in [6.07, 6.45) is 0.843. The number of aromatic amines is 1. The molecule has 7 heteroatoms. The van der Waals surface area contributed by atoms with Crippen LogP contribution in [0.2, 0.25) is 0 Å². The summed E-state index contributed by atoms with van der Waals surface area (Å²) >= 11 is 0. The van der Waals surface area contributed by atoms with Gasteiger partial charge in [0.05, 0.1) is 6.54 Å². The summed E-state index contributed by atoms with van der Waals surface area (Å²) in [6.45, 7) is 6.93. The first-order chi connectivity index (χ1) is 15.1. The van der Waals surface area contributed by atoms with E-state index in [0.29, 0.717) is 12.4 Å². The summed E-state index contributed by atoms with van der Waals surface area (Å²) in [7, 11) is 0. The molecule has 0 radical (unpaired) electrons. The van der Waals surface area contributed by atoms with E-state index in [9.17, 15) is 0 Å². The zero-order valence-electron chi connectivity index (χ0n) is 17.8. The summed E-state index contributed by atoms with van der Waals surface area (Å²) < 4.78 is 2.22. The lowest BCUT2D eigenvalue weighted by Gasteiger charge is -2.12. The molecule has 154 valence electrons. The predicted molar refractivity (Wildman–Crippen MR) is 121 cm³/mol. The molecule has 7 nitrogen and oxygen atoms in total. The second kappa shape index (κ2) is 7.75. The van der Waals surface area contributed by atoms with Gasteiger partial charge in [-0.25, -0.2) is 15.1 Å². The molecule has 31 heavy (non-hydrogen) atoms. The lowest BCUT2D eigenvalue weighted by Crippen LogP contribution is -2.06. The highest BCUT2D eigenvalue weighted by molar-refractivity contribution is 5.81. The normalized spacial score (nSPS) is 11.3. The standard InChI is InChI=1S/C24H23N7/c1-4-21-26-22-15(2)12-16(3)25-24(22)31(21)14-17-10-11-19(18-8-6-5-7-9-18)20(13-17)23-27-29-30-28-23/h5-13H,4,14H2,1-3H3,(H,27,28,29,30). The average molecular weight is 409 g/mol. The van der Waals surface area contributed by atoms with Crippen LogP contribution in [0.4, 0.5) is 0 Å². The van der Waals surface area contributed by atoms with Gasteiger partial charge in [0.15, 0.2) is 11.5 Å². The lowest BCUT2D eigenvalue weighted by atomic mass is 9.97. The number of hydrogen-bond donors (Lipinski definition) is 1. The Morgan fingerprint density at radius 2 is 1.77 bits per heavy atom. The Morgan fingerprint density at radius 1 is 0.935 bits per heavy atom. The molecule has 0 spiro atoms. The van der Waals surface area contributed by atoms with Crippen LogP contribution >= 0.6 is 0 Å². The maximum absolute atomic E-state index is 4.87. The van der Waals surface area contributed by atoms with Crippen LogP contribution in [0.25, 0.3) is 33.7 Å². The Balaban J connectivity index is 1.64. The van der Waals surface area contributed by atoms with Crippen LogP contribution in [0.15, 0.2) is 54.6 Å². The number of tetrazole rings is 1. The minimum atomic E-state index is 0.650. The van der Waals surface area contributed by atoms with E-state index in [1.807, 2.05) is 25.1 Å². The zero-order valence-corrected chi connectivity index (χ0v) is 17.8.